The number of aromatic amines is 1. The number of rotatable bonds is 7. The second kappa shape index (κ2) is 7.11. The molecule has 0 aliphatic heterocycles. The SMILES string of the molecule is CCCOc1ncnc(Sc2n[nH]c(=O)n2CCC)c1N. The Morgan fingerprint density at radius 1 is 1.38 bits per heavy atom. The van der Waals surface area contributed by atoms with Gasteiger partial charge in [-0.05, 0) is 24.6 Å². The van der Waals surface area contributed by atoms with Crippen LogP contribution in [0, 0.1) is 0 Å². The Kier molecular flexibility index (Phi) is 5.20. The maximum atomic E-state index is 11.7. The summed E-state index contributed by atoms with van der Waals surface area (Å²) in [7, 11) is 0. The fourth-order valence-corrected chi connectivity index (χ4v) is 2.49. The first-order valence-electron chi connectivity index (χ1n) is 6.73. The van der Waals surface area contributed by atoms with Crippen molar-refractivity contribution in [2.45, 2.75) is 43.4 Å². The highest BCUT2D eigenvalue weighted by Gasteiger charge is 2.15. The minimum Gasteiger partial charge on any atom is -0.476 e. The molecule has 21 heavy (non-hydrogen) atoms. The van der Waals surface area contributed by atoms with E-state index in [4.69, 9.17) is 10.5 Å². The van der Waals surface area contributed by atoms with Crippen molar-refractivity contribution < 1.29 is 4.74 Å². The van der Waals surface area contributed by atoms with Crippen LogP contribution in [0.4, 0.5) is 5.69 Å². The van der Waals surface area contributed by atoms with Gasteiger partial charge in [0.25, 0.3) is 0 Å². The van der Waals surface area contributed by atoms with Gasteiger partial charge in [-0.3, -0.25) is 4.57 Å². The number of ether oxygens (including phenoxy) is 1. The molecule has 0 aliphatic carbocycles. The summed E-state index contributed by atoms with van der Waals surface area (Å²) in [5.41, 5.74) is 6.12. The van der Waals surface area contributed by atoms with Crippen molar-refractivity contribution in [1.29, 1.82) is 0 Å². The zero-order valence-corrected chi connectivity index (χ0v) is 12.8. The highest BCUT2D eigenvalue weighted by Crippen LogP contribution is 2.32. The summed E-state index contributed by atoms with van der Waals surface area (Å²) in [5, 5.41) is 7.47. The number of nitrogens with two attached hydrogens (primary N) is 1. The molecular formula is C12H18N6O2S. The highest BCUT2D eigenvalue weighted by molar-refractivity contribution is 7.99. The van der Waals surface area contributed by atoms with Gasteiger partial charge in [0, 0.05) is 6.54 Å². The summed E-state index contributed by atoms with van der Waals surface area (Å²) in [5.74, 6) is 0.356. The molecule has 0 atom stereocenters. The Hall–Kier alpha value is -2.03. The number of H-pyrrole nitrogens is 1. The van der Waals surface area contributed by atoms with Gasteiger partial charge < -0.3 is 10.5 Å². The predicted octanol–water partition coefficient (Wildman–Crippen LogP) is 1.29. The van der Waals surface area contributed by atoms with Crippen molar-refractivity contribution in [2.24, 2.45) is 0 Å². The summed E-state index contributed by atoms with van der Waals surface area (Å²) in [6.07, 6.45) is 3.08. The monoisotopic (exact) mass is 310 g/mol. The van der Waals surface area contributed by atoms with Gasteiger partial charge in [-0.1, -0.05) is 13.8 Å². The number of aromatic nitrogens is 5. The van der Waals surface area contributed by atoms with Crippen molar-refractivity contribution in [1.82, 2.24) is 24.7 Å². The van der Waals surface area contributed by atoms with Crippen molar-refractivity contribution in [2.75, 3.05) is 12.3 Å². The van der Waals surface area contributed by atoms with Crippen LogP contribution < -0.4 is 16.2 Å². The highest BCUT2D eigenvalue weighted by atomic mass is 32.2. The maximum absolute atomic E-state index is 11.7. The van der Waals surface area contributed by atoms with E-state index in [0.717, 1.165) is 12.8 Å². The summed E-state index contributed by atoms with van der Waals surface area (Å²) in [6.45, 7) is 5.11. The molecule has 114 valence electrons. The molecular weight excluding hydrogens is 292 g/mol. The molecule has 2 rings (SSSR count). The minimum absolute atomic E-state index is 0.241. The molecule has 0 saturated carbocycles. The van der Waals surface area contributed by atoms with Crippen LogP contribution in [0.3, 0.4) is 0 Å². The average Bonchev–Trinajstić information content (AvgIpc) is 2.82. The summed E-state index contributed by atoms with van der Waals surface area (Å²) in [6, 6.07) is 0. The van der Waals surface area contributed by atoms with E-state index in [0.29, 0.717) is 34.9 Å². The lowest BCUT2D eigenvalue weighted by Gasteiger charge is -2.09. The van der Waals surface area contributed by atoms with Crippen molar-refractivity contribution >= 4 is 17.4 Å². The van der Waals surface area contributed by atoms with Crippen molar-refractivity contribution in [3.8, 4) is 5.88 Å². The summed E-state index contributed by atoms with van der Waals surface area (Å²) < 4.78 is 7.02. The normalized spacial score (nSPS) is 10.8. The van der Waals surface area contributed by atoms with Crippen LogP contribution in [0.1, 0.15) is 26.7 Å². The van der Waals surface area contributed by atoms with Gasteiger partial charge in [0.05, 0.1) is 6.61 Å². The smallest absolute Gasteiger partial charge is 0.343 e. The van der Waals surface area contributed by atoms with Gasteiger partial charge in [-0.25, -0.2) is 14.9 Å². The molecule has 0 radical (unpaired) electrons. The molecule has 0 spiro atoms. The predicted molar refractivity (Wildman–Crippen MR) is 79.5 cm³/mol. The van der Waals surface area contributed by atoms with Crippen LogP contribution in [0.2, 0.25) is 0 Å². The van der Waals surface area contributed by atoms with Gasteiger partial charge in [-0.15, -0.1) is 5.10 Å². The van der Waals surface area contributed by atoms with Crippen LogP contribution in [0.5, 0.6) is 5.88 Å². The zero-order valence-electron chi connectivity index (χ0n) is 12.0. The van der Waals surface area contributed by atoms with E-state index in [1.807, 2.05) is 13.8 Å². The number of hydrogen-bond acceptors (Lipinski definition) is 7. The Balaban J connectivity index is 2.25. The molecule has 0 bridgehead atoms. The van der Waals surface area contributed by atoms with Crippen LogP contribution in [-0.2, 0) is 6.54 Å². The van der Waals surface area contributed by atoms with Crippen LogP contribution in [0.15, 0.2) is 21.3 Å². The fraction of sp³-hybridized carbons (Fsp3) is 0.500. The zero-order chi connectivity index (χ0) is 15.2. The quantitative estimate of drug-likeness (QED) is 0.741. The van der Waals surface area contributed by atoms with Crippen molar-refractivity contribution in [3.05, 3.63) is 16.8 Å². The van der Waals surface area contributed by atoms with Gasteiger partial charge in [0.15, 0.2) is 5.16 Å². The Labute approximate surface area is 126 Å². The lowest BCUT2D eigenvalue weighted by Crippen LogP contribution is -2.17. The van der Waals surface area contributed by atoms with E-state index < -0.39 is 0 Å². The number of nitrogens with one attached hydrogen (secondary N) is 1. The van der Waals surface area contributed by atoms with E-state index in [9.17, 15) is 4.79 Å². The molecule has 0 unspecified atom stereocenters. The number of hydrogen-bond donors (Lipinski definition) is 2. The molecule has 0 amide bonds. The molecule has 0 fully saturated rings. The Morgan fingerprint density at radius 3 is 2.90 bits per heavy atom. The third-order valence-corrected chi connectivity index (χ3v) is 3.63. The van der Waals surface area contributed by atoms with E-state index in [1.165, 1.54) is 18.1 Å². The number of nitrogen functional groups attached to an aromatic ring is 1. The second-order valence-electron chi connectivity index (χ2n) is 4.31. The molecule has 3 N–H and O–H groups in total. The molecule has 2 aromatic heterocycles. The van der Waals surface area contributed by atoms with Crippen molar-refractivity contribution in [3.63, 3.8) is 0 Å². The Bertz CT molecular complexity index is 653. The van der Waals surface area contributed by atoms with Gasteiger partial charge in [-0.2, -0.15) is 4.98 Å². The van der Waals surface area contributed by atoms with E-state index in [1.54, 1.807) is 4.57 Å². The van der Waals surface area contributed by atoms with E-state index in [-0.39, 0.29) is 5.69 Å². The minimum atomic E-state index is -0.241. The molecule has 8 nitrogen and oxygen atoms in total. The topological polar surface area (TPSA) is 112 Å². The van der Waals surface area contributed by atoms with Gasteiger partial charge in [0.1, 0.15) is 17.0 Å². The average molecular weight is 310 g/mol. The summed E-state index contributed by atoms with van der Waals surface area (Å²) in [4.78, 5) is 19.8. The lowest BCUT2D eigenvalue weighted by molar-refractivity contribution is 0.305. The first-order valence-corrected chi connectivity index (χ1v) is 7.55. The lowest BCUT2D eigenvalue weighted by atomic mass is 10.5. The van der Waals surface area contributed by atoms with Gasteiger partial charge in [0.2, 0.25) is 5.88 Å². The standard InChI is InChI=1S/C12H18N6O2S/c1-3-5-18-11(19)16-17-12(18)21-10-8(13)9(14-7-15-10)20-6-4-2/h7H,3-6,13H2,1-2H3,(H,16,19). The maximum Gasteiger partial charge on any atom is 0.343 e. The molecule has 0 aromatic carbocycles. The second-order valence-corrected chi connectivity index (χ2v) is 5.27. The van der Waals surface area contributed by atoms with Gasteiger partial charge >= 0.3 is 5.69 Å². The molecule has 2 heterocycles. The first-order chi connectivity index (χ1) is 10.2. The Morgan fingerprint density at radius 2 is 2.19 bits per heavy atom. The third kappa shape index (κ3) is 3.54. The summed E-state index contributed by atoms with van der Waals surface area (Å²) >= 11 is 1.21. The first kappa shape index (κ1) is 15.4. The van der Waals surface area contributed by atoms with E-state index in [2.05, 4.69) is 20.2 Å². The molecule has 0 aliphatic rings. The van der Waals surface area contributed by atoms with Crippen LogP contribution in [-0.4, -0.2) is 31.3 Å². The van der Waals surface area contributed by atoms with Crippen LogP contribution >= 0.6 is 11.8 Å². The molecule has 9 heteroatoms. The molecule has 0 saturated heterocycles. The molecule has 2 aromatic rings. The van der Waals surface area contributed by atoms with E-state index >= 15 is 0 Å². The third-order valence-electron chi connectivity index (χ3n) is 2.61. The largest absolute Gasteiger partial charge is 0.476 e. The number of nitrogens with zero attached hydrogens (tertiary/aromatic N) is 4. The number of anilines is 1. The van der Waals surface area contributed by atoms with Crippen LogP contribution in [0.25, 0.3) is 0 Å². The fourth-order valence-electron chi connectivity index (χ4n) is 1.65.